The molecule has 5 heteroatoms. The summed E-state index contributed by atoms with van der Waals surface area (Å²) < 4.78 is 9.74. The number of ether oxygens (including phenoxy) is 1. The van der Waals surface area contributed by atoms with Gasteiger partial charge in [-0.2, -0.15) is 0 Å². The van der Waals surface area contributed by atoms with Gasteiger partial charge in [-0.25, -0.2) is 4.79 Å². The van der Waals surface area contributed by atoms with Crippen molar-refractivity contribution >= 4 is 22.7 Å². The standard InChI is InChI=1S/C15H11NO4/c17-14(9-20-15(18)10-5-6-19-8-10)12-7-16-13-4-2-1-3-11(12)13/h1-8,16H,9H2. The Morgan fingerprint density at radius 2 is 2.05 bits per heavy atom. The number of fused-ring (bicyclic) bond motifs is 1. The van der Waals surface area contributed by atoms with E-state index < -0.39 is 5.97 Å². The summed E-state index contributed by atoms with van der Waals surface area (Å²) in [7, 11) is 0. The van der Waals surface area contributed by atoms with E-state index >= 15 is 0 Å². The van der Waals surface area contributed by atoms with Crippen LogP contribution in [-0.2, 0) is 4.74 Å². The van der Waals surface area contributed by atoms with Crippen LogP contribution in [0.2, 0.25) is 0 Å². The molecule has 5 nitrogen and oxygen atoms in total. The molecule has 0 fully saturated rings. The van der Waals surface area contributed by atoms with Crippen LogP contribution in [-0.4, -0.2) is 23.3 Å². The summed E-state index contributed by atoms with van der Waals surface area (Å²) in [5.41, 5.74) is 1.68. The summed E-state index contributed by atoms with van der Waals surface area (Å²) in [5, 5.41) is 0.817. The molecule has 2 aromatic heterocycles. The highest BCUT2D eigenvalue weighted by Gasteiger charge is 2.15. The summed E-state index contributed by atoms with van der Waals surface area (Å²) in [4.78, 5) is 26.7. The highest BCUT2D eigenvalue weighted by Crippen LogP contribution is 2.18. The molecule has 20 heavy (non-hydrogen) atoms. The van der Waals surface area contributed by atoms with Gasteiger partial charge in [-0.1, -0.05) is 18.2 Å². The lowest BCUT2D eigenvalue weighted by Gasteiger charge is -2.01. The maximum Gasteiger partial charge on any atom is 0.341 e. The number of hydrogen-bond donors (Lipinski definition) is 1. The largest absolute Gasteiger partial charge is 0.472 e. The maximum absolute atomic E-state index is 12.1. The molecule has 0 atom stereocenters. The molecule has 0 spiro atoms. The number of benzene rings is 1. The number of aromatic amines is 1. The molecule has 0 amide bonds. The van der Waals surface area contributed by atoms with Gasteiger partial charge in [-0.15, -0.1) is 0 Å². The van der Waals surface area contributed by atoms with Crippen molar-refractivity contribution in [1.82, 2.24) is 4.98 Å². The van der Waals surface area contributed by atoms with Crippen molar-refractivity contribution in [2.45, 2.75) is 0 Å². The van der Waals surface area contributed by atoms with E-state index in [-0.39, 0.29) is 18.0 Å². The summed E-state index contributed by atoms with van der Waals surface area (Å²) in [6.07, 6.45) is 4.27. The van der Waals surface area contributed by atoms with Crippen LogP contribution in [0.1, 0.15) is 20.7 Å². The van der Waals surface area contributed by atoms with E-state index in [0.717, 1.165) is 10.9 Å². The van der Waals surface area contributed by atoms with Crippen LogP contribution in [0.3, 0.4) is 0 Å². The zero-order chi connectivity index (χ0) is 13.9. The number of carbonyl (C=O) groups is 2. The van der Waals surface area contributed by atoms with Gasteiger partial charge < -0.3 is 14.1 Å². The molecule has 0 bridgehead atoms. The molecule has 0 saturated heterocycles. The number of esters is 1. The monoisotopic (exact) mass is 269 g/mol. The number of rotatable bonds is 4. The first-order valence-corrected chi connectivity index (χ1v) is 6.04. The second kappa shape index (κ2) is 5.05. The molecule has 3 aromatic rings. The Morgan fingerprint density at radius 3 is 2.85 bits per heavy atom. The van der Waals surface area contributed by atoms with E-state index in [9.17, 15) is 9.59 Å². The van der Waals surface area contributed by atoms with E-state index in [1.54, 1.807) is 6.20 Å². The van der Waals surface area contributed by atoms with Gasteiger partial charge in [0.25, 0.3) is 0 Å². The molecule has 1 aromatic carbocycles. The average molecular weight is 269 g/mol. The molecule has 0 aliphatic rings. The van der Waals surface area contributed by atoms with Gasteiger partial charge in [0.15, 0.2) is 6.61 Å². The predicted octanol–water partition coefficient (Wildman–Crippen LogP) is 2.80. The highest BCUT2D eigenvalue weighted by atomic mass is 16.5. The number of Topliss-reactive ketones (excluding diaryl/α,β-unsaturated/α-hetero) is 1. The Bertz CT molecular complexity index is 755. The van der Waals surface area contributed by atoms with Gasteiger partial charge in [0, 0.05) is 22.7 Å². The zero-order valence-corrected chi connectivity index (χ0v) is 10.5. The summed E-state index contributed by atoms with van der Waals surface area (Å²) in [6, 6.07) is 8.94. The number of aromatic nitrogens is 1. The first-order chi connectivity index (χ1) is 9.75. The quantitative estimate of drug-likeness (QED) is 0.584. The lowest BCUT2D eigenvalue weighted by molar-refractivity contribution is 0.0474. The van der Waals surface area contributed by atoms with Crippen molar-refractivity contribution in [3.05, 3.63) is 60.2 Å². The Hall–Kier alpha value is -2.82. The van der Waals surface area contributed by atoms with Crippen LogP contribution in [0, 0.1) is 0 Å². The number of ketones is 1. The van der Waals surface area contributed by atoms with Crippen LogP contribution in [0.5, 0.6) is 0 Å². The molecule has 0 aliphatic heterocycles. The first-order valence-electron chi connectivity index (χ1n) is 6.04. The molecule has 0 unspecified atom stereocenters. The van der Waals surface area contributed by atoms with E-state index in [1.165, 1.54) is 18.6 Å². The minimum atomic E-state index is -0.577. The molecule has 1 N–H and O–H groups in total. The summed E-state index contributed by atoms with van der Waals surface area (Å²) in [5.74, 6) is -0.828. The Labute approximate surface area is 114 Å². The molecule has 3 rings (SSSR count). The molecule has 0 aliphatic carbocycles. The third-order valence-corrected chi connectivity index (χ3v) is 2.98. The molecule has 0 radical (unpaired) electrons. The second-order valence-electron chi connectivity index (χ2n) is 4.26. The summed E-state index contributed by atoms with van der Waals surface area (Å²) in [6.45, 7) is -0.300. The molecular weight excluding hydrogens is 258 g/mol. The lowest BCUT2D eigenvalue weighted by atomic mass is 10.1. The third kappa shape index (κ3) is 2.21. The Kier molecular flexibility index (Phi) is 3.09. The SMILES string of the molecule is O=C(OCC(=O)c1c[nH]c2ccccc12)c1ccoc1. The van der Waals surface area contributed by atoms with Gasteiger partial charge in [0.05, 0.1) is 11.8 Å². The van der Waals surface area contributed by atoms with Crippen LogP contribution in [0.25, 0.3) is 10.9 Å². The summed E-state index contributed by atoms with van der Waals surface area (Å²) >= 11 is 0. The van der Waals surface area contributed by atoms with Crippen LogP contribution < -0.4 is 0 Å². The molecule has 0 saturated carbocycles. The van der Waals surface area contributed by atoms with E-state index in [4.69, 9.17) is 9.15 Å². The van der Waals surface area contributed by atoms with E-state index in [1.807, 2.05) is 24.3 Å². The number of H-pyrrole nitrogens is 1. The van der Waals surface area contributed by atoms with Crippen LogP contribution in [0.4, 0.5) is 0 Å². The third-order valence-electron chi connectivity index (χ3n) is 2.98. The van der Waals surface area contributed by atoms with Crippen molar-refractivity contribution in [1.29, 1.82) is 0 Å². The minimum Gasteiger partial charge on any atom is -0.472 e. The van der Waals surface area contributed by atoms with Gasteiger partial charge in [0.2, 0.25) is 5.78 Å². The average Bonchev–Trinajstić information content (AvgIpc) is 3.13. The molecule has 2 heterocycles. The predicted molar refractivity (Wildman–Crippen MR) is 71.6 cm³/mol. The molecular formula is C15H11NO4. The topological polar surface area (TPSA) is 72.3 Å². The van der Waals surface area contributed by atoms with Crippen molar-refractivity contribution < 1.29 is 18.7 Å². The lowest BCUT2D eigenvalue weighted by Crippen LogP contribution is -2.13. The number of carbonyl (C=O) groups excluding carboxylic acids is 2. The van der Waals surface area contributed by atoms with Crippen LogP contribution >= 0.6 is 0 Å². The van der Waals surface area contributed by atoms with Gasteiger partial charge in [-0.05, 0) is 12.1 Å². The van der Waals surface area contributed by atoms with Crippen molar-refractivity contribution in [3.8, 4) is 0 Å². The number of furan rings is 1. The van der Waals surface area contributed by atoms with Crippen molar-refractivity contribution in [2.75, 3.05) is 6.61 Å². The maximum atomic E-state index is 12.1. The fourth-order valence-corrected chi connectivity index (χ4v) is 1.98. The van der Waals surface area contributed by atoms with Gasteiger partial charge in [-0.3, -0.25) is 4.79 Å². The normalized spacial score (nSPS) is 10.6. The van der Waals surface area contributed by atoms with Gasteiger partial charge >= 0.3 is 5.97 Å². The fourth-order valence-electron chi connectivity index (χ4n) is 1.98. The Balaban J connectivity index is 1.72. The van der Waals surface area contributed by atoms with Crippen LogP contribution in [0.15, 0.2) is 53.5 Å². The number of hydrogen-bond acceptors (Lipinski definition) is 4. The zero-order valence-electron chi connectivity index (χ0n) is 10.5. The van der Waals surface area contributed by atoms with Gasteiger partial charge in [0.1, 0.15) is 6.26 Å². The molecule has 100 valence electrons. The van der Waals surface area contributed by atoms with Crippen molar-refractivity contribution in [2.24, 2.45) is 0 Å². The Morgan fingerprint density at radius 1 is 1.20 bits per heavy atom. The minimum absolute atomic E-state index is 0.251. The van der Waals surface area contributed by atoms with E-state index in [0.29, 0.717) is 5.56 Å². The van der Waals surface area contributed by atoms with Crippen molar-refractivity contribution in [3.63, 3.8) is 0 Å². The first kappa shape index (κ1) is 12.2. The number of nitrogens with one attached hydrogen (secondary N) is 1. The van der Waals surface area contributed by atoms with E-state index in [2.05, 4.69) is 4.98 Å². The number of para-hydroxylation sites is 1. The highest BCUT2D eigenvalue weighted by molar-refractivity contribution is 6.09. The fraction of sp³-hybridized carbons (Fsp3) is 0.0667. The smallest absolute Gasteiger partial charge is 0.341 e. The second-order valence-corrected chi connectivity index (χ2v) is 4.26.